The zero-order chi connectivity index (χ0) is 21.1. The van der Waals surface area contributed by atoms with Crippen molar-refractivity contribution in [3.05, 3.63) is 26.6 Å². The Morgan fingerprint density at radius 3 is 2.52 bits per heavy atom. The van der Waals surface area contributed by atoms with Crippen LogP contribution in [0, 0.1) is 0 Å². The molecule has 0 amide bonds. The Kier molecular flexibility index (Phi) is 7.11. The first-order chi connectivity index (χ1) is 13.9. The first kappa shape index (κ1) is 22.0. The Morgan fingerprint density at radius 1 is 1.21 bits per heavy atom. The molecule has 1 unspecified atom stereocenters. The van der Waals surface area contributed by atoms with E-state index in [4.69, 9.17) is 9.72 Å². The Labute approximate surface area is 176 Å². The third-order valence-corrected chi connectivity index (χ3v) is 6.86. The van der Waals surface area contributed by atoms with Gasteiger partial charge in [-0.2, -0.15) is 0 Å². The molecule has 0 N–H and O–H groups in total. The molecule has 3 rings (SSSR count). The van der Waals surface area contributed by atoms with Crippen LogP contribution in [0.2, 0.25) is 0 Å². The fourth-order valence-corrected chi connectivity index (χ4v) is 5.38. The first-order valence-electron chi connectivity index (χ1n) is 10.9. The minimum atomic E-state index is -0.647. The van der Waals surface area contributed by atoms with Crippen molar-refractivity contribution in [3.63, 3.8) is 0 Å². The summed E-state index contributed by atoms with van der Waals surface area (Å²) in [5.41, 5.74) is 1.08. The normalized spacial score (nSPS) is 15.1. The molecule has 0 aliphatic heterocycles. The number of thiophene rings is 1. The van der Waals surface area contributed by atoms with Crippen LogP contribution in [0.25, 0.3) is 10.2 Å². The fourth-order valence-electron chi connectivity index (χ4n) is 4.11. The molecule has 6 nitrogen and oxygen atoms in total. The molecular weight excluding hydrogens is 386 g/mol. The molecule has 160 valence electrons. The standard InChI is InChI=1S/C22H33N3O3S/c1-6-16(22(27)28-14(4)5)25-18(13-24(7-2)8-3)23-20-19(21(25)26)15-11-9-10-12-17(15)29-20/h14,16H,6-13H2,1-5H3. The van der Waals surface area contributed by atoms with Crippen LogP contribution in [0.1, 0.15) is 76.2 Å². The van der Waals surface area contributed by atoms with Gasteiger partial charge in [0.25, 0.3) is 5.56 Å². The number of ether oxygens (including phenoxy) is 1. The molecule has 0 bridgehead atoms. The number of esters is 1. The van der Waals surface area contributed by atoms with Crippen molar-refractivity contribution in [2.24, 2.45) is 0 Å². The van der Waals surface area contributed by atoms with Crippen molar-refractivity contribution in [1.29, 1.82) is 0 Å². The van der Waals surface area contributed by atoms with Gasteiger partial charge >= 0.3 is 5.97 Å². The third kappa shape index (κ3) is 4.40. The lowest BCUT2D eigenvalue weighted by Crippen LogP contribution is -2.37. The smallest absolute Gasteiger partial charge is 0.329 e. The number of hydrogen-bond donors (Lipinski definition) is 0. The van der Waals surface area contributed by atoms with E-state index in [-0.39, 0.29) is 17.6 Å². The van der Waals surface area contributed by atoms with E-state index in [0.717, 1.165) is 48.1 Å². The SMILES string of the molecule is CCC(C(=O)OC(C)C)n1c(CN(CC)CC)nc2sc3c(c2c1=O)CCCC3. The lowest BCUT2D eigenvalue weighted by Gasteiger charge is -2.25. The van der Waals surface area contributed by atoms with Crippen molar-refractivity contribution in [2.45, 2.75) is 85.4 Å². The quantitative estimate of drug-likeness (QED) is 0.603. The molecule has 2 aromatic rings. The summed E-state index contributed by atoms with van der Waals surface area (Å²) in [5.74, 6) is 0.313. The van der Waals surface area contributed by atoms with Crippen LogP contribution < -0.4 is 5.56 Å². The van der Waals surface area contributed by atoms with Gasteiger partial charge < -0.3 is 4.74 Å². The number of carbonyl (C=O) groups excluding carboxylic acids is 1. The third-order valence-electron chi connectivity index (χ3n) is 5.68. The Hall–Kier alpha value is -1.73. The molecule has 7 heteroatoms. The average molecular weight is 420 g/mol. The number of carbonyl (C=O) groups is 1. The molecule has 0 saturated carbocycles. The van der Waals surface area contributed by atoms with Gasteiger partial charge in [-0.1, -0.05) is 20.8 Å². The predicted molar refractivity (Wildman–Crippen MR) is 118 cm³/mol. The van der Waals surface area contributed by atoms with Crippen LogP contribution in [-0.4, -0.2) is 39.6 Å². The van der Waals surface area contributed by atoms with E-state index in [1.165, 1.54) is 11.3 Å². The van der Waals surface area contributed by atoms with Crippen molar-refractivity contribution in [1.82, 2.24) is 14.5 Å². The lowest BCUT2D eigenvalue weighted by molar-refractivity contribution is -0.151. The van der Waals surface area contributed by atoms with E-state index >= 15 is 0 Å². The summed E-state index contributed by atoms with van der Waals surface area (Å²) in [6, 6.07) is -0.647. The molecule has 1 aliphatic rings. The number of hydrogen-bond acceptors (Lipinski definition) is 6. The molecule has 29 heavy (non-hydrogen) atoms. The second kappa shape index (κ2) is 9.39. The van der Waals surface area contributed by atoms with E-state index in [1.807, 2.05) is 20.8 Å². The topological polar surface area (TPSA) is 64.4 Å². The van der Waals surface area contributed by atoms with Gasteiger partial charge in [0.1, 0.15) is 16.7 Å². The molecular formula is C22H33N3O3S. The highest BCUT2D eigenvalue weighted by atomic mass is 32.1. The van der Waals surface area contributed by atoms with Crippen LogP contribution in [0.5, 0.6) is 0 Å². The van der Waals surface area contributed by atoms with Crippen LogP contribution >= 0.6 is 11.3 Å². The fraction of sp³-hybridized carbons (Fsp3) is 0.682. The maximum atomic E-state index is 13.7. The monoisotopic (exact) mass is 419 g/mol. The zero-order valence-corrected chi connectivity index (χ0v) is 19.1. The van der Waals surface area contributed by atoms with Gasteiger partial charge in [-0.15, -0.1) is 11.3 Å². The summed E-state index contributed by atoms with van der Waals surface area (Å²) in [7, 11) is 0. The van der Waals surface area contributed by atoms with E-state index in [1.54, 1.807) is 15.9 Å². The molecule has 0 fully saturated rings. The van der Waals surface area contributed by atoms with Gasteiger partial charge in [-0.3, -0.25) is 14.3 Å². The van der Waals surface area contributed by atoms with E-state index in [0.29, 0.717) is 18.8 Å². The molecule has 2 heterocycles. The number of nitrogens with zero attached hydrogens (tertiary/aromatic N) is 3. The molecule has 0 aromatic carbocycles. The van der Waals surface area contributed by atoms with Crippen molar-refractivity contribution in [3.8, 4) is 0 Å². The zero-order valence-electron chi connectivity index (χ0n) is 18.3. The summed E-state index contributed by atoms with van der Waals surface area (Å²) in [6.45, 7) is 12.1. The molecule has 0 spiro atoms. The second-order valence-electron chi connectivity index (χ2n) is 7.97. The minimum Gasteiger partial charge on any atom is -0.461 e. The number of rotatable bonds is 8. The van der Waals surface area contributed by atoms with Crippen LogP contribution in [0.15, 0.2) is 4.79 Å². The summed E-state index contributed by atoms with van der Waals surface area (Å²) in [5, 5.41) is 0.726. The van der Waals surface area contributed by atoms with Gasteiger partial charge in [0.15, 0.2) is 0 Å². The summed E-state index contributed by atoms with van der Waals surface area (Å²) >= 11 is 1.66. The number of aryl methyl sites for hydroxylation is 2. The van der Waals surface area contributed by atoms with Gasteiger partial charge in [0.2, 0.25) is 0 Å². The van der Waals surface area contributed by atoms with E-state index in [9.17, 15) is 9.59 Å². The highest BCUT2D eigenvalue weighted by molar-refractivity contribution is 7.18. The highest BCUT2D eigenvalue weighted by Crippen LogP contribution is 2.34. The van der Waals surface area contributed by atoms with Gasteiger partial charge in [0.05, 0.1) is 18.0 Å². The van der Waals surface area contributed by atoms with Crippen LogP contribution in [0.3, 0.4) is 0 Å². The van der Waals surface area contributed by atoms with E-state index in [2.05, 4.69) is 18.7 Å². The molecule has 2 aromatic heterocycles. The first-order valence-corrected chi connectivity index (χ1v) is 11.7. The minimum absolute atomic E-state index is 0.0795. The van der Waals surface area contributed by atoms with Gasteiger partial charge in [-0.05, 0) is 64.6 Å². The summed E-state index contributed by atoms with van der Waals surface area (Å²) in [4.78, 5) is 35.9. The second-order valence-corrected chi connectivity index (χ2v) is 9.05. The van der Waals surface area contributed by atoms with Crippen molar-refractivity contribution in [2.75, 3.05) is 13.1 Å². The van der Waals surface area contributed by atoms with Crippen molar-refractivity contribution < 1.29 is 9.53 Å². The number of aromatic nitrogens is 2. The predicted octanol–water partition coefficient (Wildman–Crippen LogP) is 4.08. The van der Waals surface area contributed by atoms with Crippen molar-refractivity contribution >= 4 is 27.5 Å². The Balaban J connectivity index is 2.21. The van der Waals surface area contributed by atoms with E-state index < -0.39 is 6.04 Å². The molecule has 0 radical (unpaired) electrons. The van der Waals surface area contributed by atoms with Crippen LogP contribution in [0.4, 0.5) is 0 Å². The Bertz CT molecular complexity index is 928. The average Bonchev–Trinajstić information content (AvgIpc) is 3.06. The highest BCUT2D eigenvalue weighted by Gasteiger charge is 2.29. The summed E-state index contributed by atoms with van der Waals surface area (Å²) in [6.07, 6.45) is 4.49. The Morgan fingerprint density at radius 2 is 1.90 bits per heavy atom. The van der Waals surface area contributed by atoms with Gasteiger partial charge in [-0.25, -0.2) is 9.78 Å². The number of fused-ring (bicyclic) bond motifs is 3. The molecule has 0 saturated heterocycles. The maximum Gasteiger partial charge on any atom is 0.329 e. The lowest BCUT2D eigenvalue weighted by atomic mass is 9.97. The van der Waals surface area contributed by atoms with Gasteiger partial charge in [0, 0.05) is 4.88 Å². The summed E-state index contributed by atoms with van der Waals surface area (Å²) < 4.78 is 7.13. The van der Waals surface area contributed by atoms with Crippen LogP contribution in [-0.2, 0) is 28.9 Å². The molecule has 1 atom stereocenters. The molecule has 1 aliphatic carbocycles. The largest absolute Gasteiger partial charge is 0.461 e. The maximum absolute atomic E-state index is 13.7.